The third-order valence-corrected chi connectivity index (χ3v) is 2.97. The first-order valence-electron chi connectivity index (χ1n) is 5.63. The van der Waals surface area contributed by atoms with Crippen LogP contribution in [0.15, 0.2) is 23.1 Å². The number of aryl methyl sites for hydroxylation is 1. The van der Waals surface area contributed by atoms with E-state index in [2.05, 4.69) is 10.3 Å². The average molecular weight is 231 g/mol. The Morgan fingerprint density at radius 1 is 1.53 bits per heavy atom. The Morgan fingerprint density at radius 3 is 3.29 bits per heavy atom. The van der Waals surface area contributed by atoms with Gasteiger partial charge in [0.1, 0.15) is 5.65 Å². The van der Waals surface area contributed by atoms with E-state index in [4.69, 9.17) is 4.74 Å². The van der Waals surface area contributed by atoms with Crippen LogP contribution < -0.4 is 15.6 Å². The van der Waals surface area contributed by atoms with E-state index < -0.39 is 0 Å². The largest absolute Gasteiger partial charge is 0.486 e. The molecular weight excluding hydrogens is 218 g/mol. The molecule has 17 heavy (non-hydrogen) atoms. The lowest BCUT2D eigenvalue weighted by molar-refractivity contribution is 0.317. The molecule has 0 aromatic carbocycles. The summed E-state index contributed by atoms with van der Waals surface area (Å²) in [6, 6.07) is 3.81. The summed E-state index contributed by atoms with van der Waals surface area (Å²) in [4.78, 5) is 16.4. The van der Waals surface area contributed by atoms with Gasteiger partial charge in [0.15, 0.2) is 0 Å². The number of hydrogen-bond donors (Lipinski definition) is 1. The summed E-state index contributed by atoms with van der Waals surface area (Å²) < 4.78 is 7.07. The molecule has 1 N–H and O–H groups in total. The Hall–Kier alpha value is -2.04. The van der Waals surface area contributed by atoms with Crippen molar-refractivity contribution in [2.24, 2.45) is 7.05 Å². The maximum absolute atomic E-state index is 12.1. The summed E-state index contributed by atoms with van der Waals surface area (Å²) in [5.41, 5.74) is 1.31. The van der Waals surface area contributed by atoms with E-state index >= 15 is 0 Å². The maximum Gasteiger partial charge on any atom is 0.296 e. The number of fused-ring (bicyclic) bond motifs is 3. The molecule has 88 valence electrons. The standard InChI is InChI=1S/C12H13N3O2/c1-15-11-8(4-2-5-14-11)9-10(12(15)16)17-7-3-6-13-9/h2,4-5,13H,3,6-7H2,1H3. The van der Waals surface area contributed by atoms with Crippen LogP contribution >= 0.6 is 0 Å². The van der Waals surface area contributed by atoms with Crippen LogP contribution in [0.4, 0.5) is 5.69 Å². The van der Waals surface area contributed by atoms with Crippen LogP contribution in [-0.2, 0) is 7.05 Å². The number of rotatable bonds is 0. The highest BCUT2D eigenvalue weighted by molar-refractivity contribution is 5.92. The van der Waals surface area contributed by atoms with Crippen molar-refractivity contribution < 1.29 is 4.74 Å². The number of ether oxygens (including phenoxy) is 1. The van der Waals surface area contributed by atoms with E-state index in [-0.39, 0.29) is 5.56 Å². The molecule has 0 saturated carbocycles. The Bertz CT molecular complexity index is 633. The molecule has 3 heterocycles. The lowest BCUT2D eigenvalue weighted by Gasteiger charge is -2.12. The summed E-state index contributed by atoms with van der Waals surface area (Å²) in [6.45, 7) is 1.38. The number of nitrogens with one attached hydrogen (secondary N) is 1. The molecular formula is C12H13N3O2. The molecule has 0 amide bonds. The molecule has 5 nitrogen and oxygen atoms in total. The lowest BCUT2D eigenvalue weighted by atomic mass is 10.2. The van der Waals surface area contributed by atoms with Crippen molar-refractivity contribution in [3.8, 4) is 5.75 Å². The minimum Gasteiger partial charge on any atom is -0.486 e. The molecule has 2 aromatic rings. The minimum absolute atomic E-state index is 0.138. The van der Waals surface area contributed by atoms with Gasteiger partial charge in [0, 0.05) is 25.2 Å². The van der Waals surface area contributed by atoms with E-state index in [0.717, 1.165) is 24.0 Å². The van der Waals surface area contributed by atoms with Crippen molar-refractivity contribution in [2.75, 3.05) is 18.5 Å². The maximum atomic E-state index is 12.1. The normalized spacial score (nSPS) is 14.6. The molecule has 0 aliphatic carbocycles. The van der Waals surface area contributed by atoms with Crippen molar-refractivity contribution >= 4 is 16.7 Å². The second kappa shape index (κ2) is 3.76. The number of pyridine rings is 2. The fourth-order valence-corrected chi connectivity index (χ4v) is 2.11. The molecule has 1 aliphatic heterocycles. The van der Waals surface area contributed by atoms with Crippen molar-refractivity contribution in [3.05, 3.63) is 28.7 Å². The first-order chi connectivity index (χ1) is 8.29. The lowest BCUT2D eigenvalue weighted by Crippen LogP contribution is -2.21. The number of aromatic nitrogens is 2. The molecule has 0 bridgehead atoms. The third kappa shape index (κ3) is 1.46. The molecule has 0 unspecified atom stereocenters. The van der Waals surface area contributed by atoms with E-state index in [1.807, 2.05) is 12.1 Å². The highest BCUT2D eigenvalue weighted by Crippen LogP contribution is 2.30. The Balaban J connectivity index is 2.44. The Labute approximate surface area is 98.0 Å². The van der Waals surface area contributed by atoms with Crippen molar-refractivity contribution in [2.45, 2.75) is 6.42 Å². The van der Waals surface area contributed by atoms with Crippen molar-refractivity contribution in [3.63, 3.8) is 0 Å². The minimum atomic E-state index is -0.138. The smallest absolute Gasteiger partial charge is 0.296 e. The second-order valence-corrected chi connectivity index (χ2v) is 4.07. The monoisotopic (exact) mass is 231 g/mol. The van der Waals surface area contributed by atoms with Crippen LogP contribution in [0.25, 0.3) is 11.0 Å². The summed E-state index contributed by atoms with van der Waals surface area (Å²) in [6.07, 6.45) is 2.57. The van der Waals surface area contributed by atoms with E-state index in [1.165, 1.54) is 4.57 Å². The van der Waals surface area contributed by atoms with Crippen LogP contribution in [0, 0.1) is 0 Å². The van der Waals surface area contributed by atoms with Crippen molar-refractivity contribution in [1.82, 2.24) is 9.55 Å². The van der Waals surface area contributed by atoms with Gasteiger partial charge in [-0.1, -0.05) is 0 Å². The van der Waals surface area contributed by atoms with Gasteiger partial charge < -0.3 is 10.1 Å². The van der Waals surface area contributed by atoms with Gasteiger partial charge >= 0.3 is 0 Å². The number of anilines is 1. The van der Waals surface area contributed by atoms with Gasteiger partial charge in [-0.15, -0.1) is 0 Å². The van der Waals surface area contributed by atoms with E-state index in [9.17, 15) is 4.79 Å². The highest BCUT2D eigenvalue weighted by atomic mass is 16.5. The molecule has 0 radical (unpaired) electrons. The van der Waals surface area contributed by atoms with E-state index in [1.54, 1.807) is 13.2 Å². The fourth-order valence-electron chi connectivity index (χ4n) is 2.11. The summed E-state index contributed by atoms with van der Waals surface area (Å²) in [7, 11) is 1.71. The van der Waals surface area contributed by atoms with Crippen LogP contribution in [0.3, 0.4) is 0 Å². The molecule has 2 aromatic heterocycles. The van der Waals surface area contributed by atoms with Crippen LogP contribution in [-0.4, -0.2) is 22.7 Å². The highest BCUT2D eigenvalue weighted by Gasteiger charge is 2.18. The molecule has 1 aliphatic rings. The van der Waals surface area contributed by atoms with Gasteiger partial charge in [0.05, 0.1) is 12.3 Å². The predicted molar refractivity (Wildman–Crippen MR) is 65.6 cm³/mol. The quantitative estimate of drug-likeness (QED) is 0.738. The summed E-state index contributed by atoms with van der Waals surface area (Å²) in [5.74, 6) is 0.408. The summed E-state index contributed by atoms with van der Waals surface area (Å²) >= 11 is 0. The first kappa shape index (κ1) is 10.1. The average Bonchev–Trinajstić information content (AvgIpc) is 2.62. The molecule has 0 fully saturated rings. The van der Waals surface area contributed by atoms with Gasteiger partial charge in [0.2, 0.25) is 5.75 Å². The van der Waals surface area contributed by atoms with Gasteiger partial charge in [-0.2, -0.15) is 0 Å². The molecule has 0 atom stereocenters. The van der Waals surface area contributed by atoms with Crippen LogP contribution in [0.2, 0.25) is 0 Å². The zero-order valence-electron chi connectivity index (χ0n) is 9.56. The Kier molecular flexibility index (Phi) is 2.24. The topological polar surface area (TPSA) is 56.2 Å². The fraction of sp³-hybridized carbons (Fsp3) is 0.333. The summed E-state index contributed by atoms with van der Waals surface area (Å²) in [5, 5.41) is 4.18. The zero-order valence-corrected chi connectivity index (χ0v) is 9.56. The van der Waals surface area contributed by atoms with Crippen molar-refractivity contribution in [1.29, 1.82) is 0 Å². The molecule has 0 spiro atoms. The van der Waals surface area contributed by atoms with Crippen LogP contribution in [0.1, 0.15) is 6.42 Å². The van der Waals surface area contributed by atoms with Gasteiger partial charge in [-0.25, -0.2) is 4.98 Å². The van der Waals surface area contributed by atoms with Gasteiger partial charge in [0.25, 0.3) is 5.56 Å². The number of nitrogens with zero attached hydrogens (tertiary/aromatic N) is 2. The second-order valence-electron chi connectivity index (χ2n) is 4.07. The zero-order chi connectivity index (χ0) is 11.8. The predicted octanol–water partition coefficient (Wildman–Crippen LogP) is 1.13. The van der Waals surface area contributed by atoms with Gasteiger partial charge in [-0.05, 0) is 18.6 Å². The van der Waals surface area contributed by atoms with Gasteiger partial charge in [-0.3, -0.25) is 9.36 Å². The Morgan fingerprint density at radius 2 is 2.41 bits per heavy atom. The SMILES string of the molecule is Cn1c(=O)c2c(c3cccnc31)NCCCO2. The third-order valence-electron chi connectivity index (χ3n) is 2.97. The van der Waals surface area contributed by atoms with Crippen LogP contribution in [0.5, 0.6) is 5.75 Å². The molecule has 0 saturated heterocycles. The van der Waals surface area contributed by atoms with E-state index in [0.29, 0.717) is 18.0 Å². The molecule has 3 rings (SSSR count). The first-order valence-corrected chi connectivity index (χ1v) is 5.63. The molecule has 5 heteroatoms. The number of hydrogen-bond acceptors (Lipinski definition) is 4.